The van der Waals surface area contributed by atoms with Gasteiger partial charge >= 0.3 is 0 Å². The number of piperidine rings is 1. The van der Waals surface area contributed by atoms with Gasteiger partial charge in [0.2, 0.25) is 0 Å². The highest BCUT2D eigenvalue weighted by atomic mass is 16.5. The van der Waals surface area contributed by atoms with Gasteiger partial charge < -0.3 is 24.2 Å². The second kappa shape index (κ2) is 8.19. The molecular weight excluding hydrogens is 382 g/mol. The number of ether oxygens (including phenoxy) is 3. The highest BCUT2D eigenvalue weighted by molar-refractivity contribution is 5.97. The van der Waals surface area contributed by atoms with Crippen molar-refractivity contribution in [1.82, 2.24) is 4.90 Å². The van der Waals surface area contributed by atoms with Gasteiger partial charge in [0.15, 0.2) is 0 Å². The lowest BCUT2D eigenvalue weighted by molar-refractivity contribution is -0.0872. The molecule has 6 nitrogen and oxygen atoms in total. The van der Waals surface area contributed by atoms with E-state index in [1.807, 2.05) is 23.1 Å². The lowest BCUT2D eigenvalue weighted by Crippen LogP contribution is -2.52. The van der Waals surface area contributed by atoms with E-state index in [1.165, 1.54) is 19.2 Å². The Balaban J connectivity index is 0.00000272. The van der Waals surface area contributed by atoms with Crippen LogP contribution in [0.4, 0.5) is 0 Å². The first-order valence-corrected chi connectivity index (χ1v) is 10.5. The molecule has 0 unspecified atom stereocenters. The summed E-state index contributed by atoms with van der Waals surface area (Å²) in [7, 11) is 1.50. The zero-order valence-corrected chi connectivity index (χ0v) is 17.8. The first-order valence-electron chi connectivity index (χ1n) is 10.5. The molecule has 30 heavy (non-hydrogen) atoms. The van der Waals surface area contributed by atoms with Crippen molar-refractivity contribution in [2.75, 3.05) is 20.2 Å². The third-order valence-electron chi connectivity index (χ3n) is 5.96. The molecule has 2 aromatic carbocycles. The minimum absolute atomic E-state index is 0. The smallest absolute Gasteiger partial charge is 0.257 e. The maximum absolute atomic E-state index is 13.1. The van der Waals surface area contributed by atoms with Crippen LogP contribution in [0.25, 0.3) is 0 Å². The molecule has 1 atom stereocenters. The van der Waals surface area contributed by atoms with Crippen LogP contribution in [0.2, 0.25) is 0 Å². The molecule has 0 radical (unpaired) electrons. The van der Waals surface area contributed by atoms with E-state index in [2.05, 4.69) is 19.9 Å². The number of phenols is 1. The van der Waals surface area contributed by atoms with Gasteiger partial charge in [-0.3, -0.25) is 4.79 Å². The predicted molar refractivity (Wildman–Crippen MR) is 115 cm³/mol. The molecule has 1 amide bonds. The summed E-state index contributed by atoms with van der Waals surface area (Å²) in [6.45, 7) is 5.30. The van der Waals surface area contributed by atoms with Crippen molar-refractivity contribution in [1.29, 1.82) is 0 Å². The number of rotatable bonds is 4. The fraction of sp³-hybridized carbons (Fsp3) is 0.458. The normalized spacial score (nSPS) is 20.0. The molecule has 0 aliphatic carbocycles. The van der Waals surface area contributed by atoms with E-state index in [1.54, 1.807) is 6.07 Å². The Kier molecular flexibility index (Phi) is 5.60. The molecule has 0 bridgehead atoms. The number of hydrogen-bond acceptors (Lipinski definition) is 5. The fourth-order valence-corrected chi connectivity index (χ4v) is 4.46. The van der Waals surface area contributed by atoms with Gasteiger partial charge in [-0.2, -0.15) is 0 Å². The van der Waals surface area contributed by atoms with Crippen LogP contribution in [-0.4, -0.2) is 47.8 Å². The van der Waals surface area contributed by atoms with E-state index in [4.69, 9.17) is 14.2 Å². The number of hydrogen-bond donors (Lipinski definition) is 1. The quantitative estimate of drug-likeness (QED) is 0.795. The van der Waals surface area contributed by atoms with E-state index >= 15 is 0 Å². The summed E-state index contributed by atoms with van der Waals surface area (Å²) in [6.07, 6.45) is 2.39. The first-order chi connectivity index (χ1) is 14.4. The average molecular weight is 414 g/mol. The highest BCUT2D eigenvalue weighted by Gasteiger charge is 2.44. The number of likely N-dealkylation sites (tertiary alicyclic amines) is 1. The Labute approximate surface area is 178 Å². The van der Waals surface area contributed by atoms with Crippen molar-refractivity contribution < 1.29 is 25.5 Å². The predicted octanol–water partition coefficient (Wildman–Crippen LogP) is 4.57. The average Bonchev–Trinajstić information content (AvgIpc) is 2.73. The van der Waals surface area contributed by atoms with Gasteiger partial charge in [-0.05, 0) is 32.0 Å². The number of aromatic hydroxyl groups is 1. The van der Waals surface area contributed by atoms with E-state index in [0.717, 1.165) is 30.6 Å². The summed E-state index contributed by atoms with van der Waals surface area (Å²) in [4.78, 5) is 14.9. The zero-order valence-electron chi connectivity index (χ0n) is 17.8. The van der Waals surface area contributed by atoms with E-state index in [0.29, 0.717) is 24.4 Å². The SMILES string of the molecule is COc1cc(O)ccc1C(=O)N1CCC2(CC1)C[C@@H](OC(C)C)c1ccccc1O2.[HH]. The topological polar surface area (TPSA) is 68.2 Å². The van der Waals surface area contributed by atoms with E-state index in [9.17, 15) is 9.90 Å². The van der Waals surface area contributed by atoms with Crippen LogP contribution >= 0.6 is 0 Å². The van der Waals surface area contributed by atoms with Gasteiger partial charge in [0.05, 0.1) is 24.9 Å². The standard InChI is InChI=1S/C24H29NO5.H2/c1-16(2)29-22-15-24(30-20-7-5-4-6-18(20)22)10-12-25(13-11-24)23(27)19-9-8-17(26)14-21(19)28-3;/h4-9,14,16,22,26H,10-13,15H2,1-3H3;1H/t22-;/m1./s1. The van der Waals surface area contributed by atoms with Gasteiger partial charge in [0.25, 0.3) is 5.91 Å². The molecule has 1 saturated heterocycles. The number of phenolic OH excluding ortho intramolecular Hbond substituents is 1. The molecule has 0 aromatic heterocycles. The van der Waals surface area contributed by atoms with Crippen molar-refractivity contribution in [3.8, 4) is 17.2 Å². The van der Waals surface area contributed by atoms with Crippen LogP contribution in [0.3, 0.4) is 0 Å². The zero-order chi connectivity index (χ0) is 21.3. The maximum atomic E-state index is 13.1. The molecule has 0 saturated carbocycles. The second-order valence-corrected chi connectivity index (χ2v) is 8.38. The third kappa shape index (κ3) is 3.97. The van der Waals surface area contributed by atoms with Crippen LogP contribution in [0, 0.1) is 0 Å². The number of methoxy groups -OCH3 is 1. The molecule has 2 aromatic rings. The molecule has 2 aliphatic heterocycles. The molecular formula is C24H31NO5. The van der Waals surface area contributed by atoms with Crippen LogP contribution < -0.4 is 9.47 Å². The van der Waals surface area contributed by atoms with E-state index < -0.39 is 0 Å². The number of nitrogens with zero attached hydrogens (tertiary/aromatic N) is 1. The monoisotopic (exact) mass is 413 g/mol. The van der Waals surface area contributed by atoms with Gasteiger partial charge in [-0.25, -0.2) is 0 Å². The van der Waals surface area contributed by atoms with Crippen molar-refractivity contribution >= 4 is 5.91 Å². The molecule has 1 N–H and O–H groups in total. The van der Waals surface area contributed by atoms with Crippen LogP contribution in [0.15, 0.2) is 42.5 Å². The number of carbonyl (C=O) groups is 1. The molecule has 6 heteroatoms. The van der Waals surface area contributed by atoms with Gasteiger partial charge in [-0.15, -0.1) is 0 Å². The van der Waals surface area contributed by atoms with Crippen LogP contribution in [0.1, 0.15) is 56.6 Å². The maximum Gasteiger partial charge on any atom is 0.257 e. The van der Waals surface area contributed by atoms with Crippen LogP contribution in [0.5, 0.6) is 17.2 Å². The summed E-state index contributed by atoms with van der Waals surface area (Å²) in [5.74, 6) is 1.25. The largest absolute Gasteiger partial charge is 0.508 e. The Hall–Kier alpha value is -2.73. The highest BCUT2D eigenvalue weighted by Crippen LogP contribution is 2.46. The molecule has 4 rings (SSSR count). The summed E-state index contributed by atoms with van der Waals surface area (Å²) in [6, 6.07) is 12.7. The fourth-order valence-electron chi connectivity index (χ4n) is 4.46. The summed E-state index contributed by atoms with van der Waals surface area (Å²) in [5, 5.41) is 9.66. The van der Waals surface area contributed by atoms with Gasteiger partial charge in [-0.1, -0.05) is 18.2 Å². The first kappa shape index (κ1) is 20.5. The number of para-hydroxylation sites is 1. The third-order valence-corrected chi connectivity index (χ3v) is 5.96. The second-order valence-electron chi connectivity index (χ2n) is 8.38. The summed E-state index contributed by atoms with van der Waals surface area (Å²) >= 11 is 0. The van der Waals surface area contributed by atoms with Crippen molar-refractivity contribution in [2.24, 2.45) is 0 Å². The van der Waals surface area contributed by atoms with E-state index in [-0.39, 0.29) is 30.9 Å². The lowest BCUT2D eigenvalue weighted by Gasteiger charge is -2.47. The molecule has 2 aliphatic rings. The van der Waals surface area contributed by atoms with Crippen molar-refractivity contribution in [2.45, 2.75) is 50.9 Å². The lowest BCUT2D eigenvalue weighted by atomic mass is 9.81. The van der Waals surface area contributed by atoms with Crippen molar-refractivity contribution in [3.63, 3.8) is 0 Å². The Morgan fingerprint density at radius 3 is 2.67 bits per heavy atom. The molecule has 2 heterocycles. The summed E-state index contributed by atoms with van der Waals surface area (Å²) < 4.78 is 18.0. The van der Waals surface area contributed by atoms with Crippen LogP contribution in [-0.2, 0) is 4.74 Å². The van der Waals surface area contributed by atoms with Crippen molar-refractivity contribution in [3.05, 3.63) is 53.6 Å². The molecule has 1 fully saturated rings. The number of amides is 1. The minimum atomic E-state index is -0.330. The Morgan fingerprint density at radius 1 is 1.23 bits per heavy atom. The number of carbonyl (C=O) groups excluding carboxylic acids is 1. The van der Waals surface area contributed by atoms with Gasteiger partial charge in [0.1, 0.15) is 22.8 Å². The minimum Gasteiger partial charge on any atom is -0.508 e. The Bertz CT molecular complexity index is 924. The molecule has 1 spiro atoms. The van der Waals surface area contributed by atoms with Gasteiger partial charge in [0, 0.05) is 45.4 Å². The number of benzene rings is 2. The Morgan fingerprint density at radius 2 is 1.97 bits per heavy atom. The molecule has 162 valence electrons. The summed E-state index contributed by atoms with van der Waals surface area (Å²) in [5.41, 5.74) is 1.23. The number of fused-ring (bicyclic) bond motifs is 1.